The number of benzene rings is 2. The summed E-state index contributed by atoms with van der Waals surface area (Å²) in [6.07, 6.45) is 0. The smallest absolute Gasteiger partial charge is 0.387 e. The number of rotatable bonds is 5. The summed E-state index contributed by atoms with van der Waals surface area (Å²) in [4.78, 5) is 0. The summed E-state index contributed by atoms with van der Waals surface area (Å²) in [5.74, 6) is -0.292. The fourth-order valence-corrected chi connectivity index (χ4v) is 1.91. The third kappa shape index (κ3) is 3.90. The van der Waals surface area contributed by atoms with Crippen LogP contribution in [0.1, 0.15) is 5.56 Å². The van der Waals surface area contributed by atoms with Crippen molar-refractivity contribution >= 4 is 21.6 Å². The van der Waals surface area contributed by atoms with Crippen molar-refractivity contribution in [2.75, 3.05) is 5.32 Å². The highest BCUT2D eigenvalue weighted by atomic mass is 79.9. The monoisotopic (exact) mass is 345 g/mol. The third-order valence-electron chi connectivity index (χ3n) is 2.59. The lowest BCUT2D eigenvalue weighted by Crippen LogP contribution is -2.07. The molecule has 106 valence electrons. The molecule has 2 rings (SSSR count). The molecule has 6 heteroatoms. The van der Waals surface area contributed by atoms with E-state index in [0.717, 1.165) is 0 Å². The van der Waals surface area contributed by atoms with Crippen molar-refractivity contribution in [2.24, 2.45) is 0 Å². The highest BCUT2D eigenvalue weighted by Gasteiger charge is 2.09. The predicted octanol–water partition coefficient (Wildman–Crippen LogP) is 4.80. The first-order valence-electron chi connectivity index (χ1n) is 5.78. The van der Waals surface area contributed by atoms with Gasteiger partial charge in [0, 0.05) is 17.8 Å². The van der Waals surface area contributed by atoms with Gasteiger partial charge in [-0.2, -0.15) is 8.78 Å². The van der Waals surface area contributed by atoms with E-state index in [1.54, 1.807) is 30.3 Å². The summed E-state index contributed by atoms with van der Waals surface area (Å²) in [6.45, 7) is -2.62. The average Bonchev–Trinajstić information content (AvgIpc) is 2.41. The summed E-state index contributed by atoms with van der Waals surface area (Å²) < 4.78 is 42.7. The molecule has 0 radical (unpaired) electrons. The maximum Gasteiger partial charge on any atom is 0.387 e. The zero-order valence-corrected chi connectivity index (χ0v) is 11.8. The summed E-state index contributed by atoms with van der Waals surface area (Å²) in [6, 6.07) is 11.0. The quantitative estimate of drug-likeness (QED) is 0.840. The summed E-state index contributed by atoms with van der Waals surface area (Å²) >= 11 is 3.06. The number of alkyl halides is 2. The molecule has 2 nitrogen and oxygen atoms in total. The molecule has 0 fully saturated rings. The second kappa shape index (κ2) is 6.65. The molecule has 0 saturated carbocycles. The number of halogens is 4. The van der Waals surface area contributed by atoms with Crippen molar-refractivity contribution in [3.63, 3.8) is 0 Å². The topological polar surface area (TPSA) is 21.3 Å². The first-order valence-corrected chi connectivity index (χ1v) is 6.57. The van der Waals surface area contributed by atoms with E-state index in [4.69, 9.17) is 0 Å². The van der Waals surface area contributed by atoms with Crippen molar-refractivity contribution in [3.05, 3.63) is 58.3 Å². The van der Waals surface area contributed by atoms with Crippen LogP contribution in [0.3, 0.4) is 0 Å². The second-order valence-corrected chi connectivity index (χ2v) is 4.82. The molecule has 0 aromatic heterocycles. The lowest BCUT2D eigenvalue weighted by Gasteiger charge is -2.12. The molecule has 0 bridgehead atoms. The van der Waals surface area contributed by atoms with Gasteiger partial charge in [0.05, 0.1) is 4.47 Å². The maximum atomic E-state index is 13.3. The van der Waals surface area contributed by atoms with Crippen LogP contribution in [-0.2, 0) is 6.54 Å². The van der Waals surface area contributed by atoms with Gasteiger partial charge >= 0.3 is 6.61 Å². The number of hydrogen-bond donors (Lipinski definition) is 1. The van der Waals surface area contributed by atoms with Crippen molar-refractivity contribution < 1.29 is 17.9 Å². The van der Waals surface area contributed by atoms with E-state index in [2.05, 4.69) is 26.0 Å². The van der Waals surface area contributed by atoms with Crippen LogP contribution in [0.4, 0.5) is 18.9 Å². The molecule has 2 aromatic rings. The van der Waals surface area contributed by atoms with Gasteiger partial charge in [-0.25, -0.2) is 4.39 Å². The number of anilines is 1. The molecule has 2 aromatic carbocycles. The van der Waals surface area contributed by atoms with Gasteiger partial charge in [0.25, 0.3) is 0 Å². The van der Waals surface area contributed by atoms with E-state index in [0.29, 0.717) is 15.7 Å². The van der Waals surface area contributed by atoms with Gasteiger partial charge in [0.15, 0.2) is 0 Å². The second-order valence-electron chi connectivity index (χ2n) is 3.97. The van der Waals surface area contributed by atoms with Crippen LogP contribution < -0.4 is 10.1 Å². The molecule has 0 spiro atoms. The van der Waals surface area contributed by atoms with E-state index >= 15 is 0 Å². The Balaban J connectivity index is 2.08. The summed E-state index contributed by atoms with van der Waals surface area (Å²) in [5, 5.41) is 2.96. The first kappa shape index (κ1) is 14.7. The van der Waals surface area contributed by atoms with Crippen LogP contribution in [0.25, 0.3) is 0 Å². The van der Waals surface area contributed by atoms with Gasteiger partial charge in [-0.3, -0.25) is 0 Å². The number of para-hydroxylation sites is 1. The number of nitrogens with one attached hydrogen (secondary N) is 1. The highest BCUT2D eigenvalue weighted by Crippen LogP contribution is 2.23. The zero-order valence-electron chi connectivity index (χ0n) is 10.2. The normalized spacial score (nSPS) is 10.7. The number of ether oxygens (including phenoxy) is 1. The van der Waals surface area contributed by atoms with Crippen LogP contribution in [0, 0.1) is 5.82 Å². The van der Waals surface area contributed by atoms with Gasteiger partial charge in [-0.15, -0.1) is 0 Å². The fourth-order valence-electron chi connectivity index (χ4n) is 1.66. The molecule has 0 heterocycles. The predicted molar refractivity (Wildman–Crippen MR) is 74.5 cm³/mol. The molecule has 0 unspecified atom stereocenters. The largest absolute Gasteiger partial charge is 0.434 e. The lowest BCUT2D eigenvalue weighted by molar-refractivity contribution is -0.0504. The Hall–Kier alpha value is -1.69. The molecule has 0 amide bonds. The molecule has 0 atom stereocenters. The van der Waals surface area contributed by atoms with Gasteiger partial charge < -0.3 is 10.1 Å². The molecule has 0 aliphatic heterocycles. The molecule has 0 aliphatic rings. The molecule has 20 heavy (non-hydrogen) atoms. The Labute approximate surface area is 122 Å². The van der Waals surface area contributed by atoms with Gasteiger partial charge in [-0.1, -0.05) is 18.2 Å². The zero-order chi connectivity index (χ0) is 14.5. The van der Waals surface area contributed by atoms with Crippen molar-refractivity contribution in [1.82, 2.24) is 0 Å². The van der Waals surface area contributed by atoms with Gasteiger partial charge in [0.2, 0.25) is 0 Å². The van der Waals surface area contributed by atoms with Crippen molar-refractivity contribution in [1.29, 1.82) is 0 Å². The Morgan fingerprint density at radius 1 is 1.15 bits per heavy atom. The first-order chi connectivity index (χ1) is 9.56. The van der Waals surface area contributed by atoms with E-state index in [1.165, 1.54) is 12.1 Å². The number of hydrogen-bond acceptors (Lipinski definition) is 2. The fraction of sp³-hybridized carbons (Fsp3) is 0.143. The van der Waals surface area contributed by atoms with E-state index in [9.17, 15) is 13.2 Å². The Morgan fingerprint density at radius 3 is 2.60 bits per heavy atom. The molecular formula is C14H11BrF3NO. The van der Waals surface area contributed by atoms with Gasteiger partial charge in [-0.05, 0) is 40.2 Å². The molecule has 0 saturated heterocycles. The summed E-state index contributed by atoms with van der Waals surface area (Å²) in [5.41, 5.74) is 1.12. The molecule has 1 N–H and O–H groups in total. The SMILES string of the molecule is Fc1cc(NCc2ccccc2OC(F)F)ccc1Br. The van der Waals surface area contributed by atoms with Crippen LogP contribution in [0.15, 0.2) is 46.9 Å². The Morgan fingerprint density at radius 2 is 1.90 bits per heavy atom. The standard InChI is InChI=1S/C14H11BrF3NO/c15-11-6-5-10(7-12(11)16)19-8-9-3-1-2-4-13(9)20-14(17)18/h1-7,14,19H,8H2. The Kier molecular flexibility index (Phi) is 4.89. The molecular weight excluding hydrogens is 335 g/mol. The Bertz CT molecular complexity index is 592. The van der Waals surface area contributed by atoms with E-state index < -0.39 is 12.4 Å². The van der Waals surface area contributed by atoms with Crippen LogP contribution in [0.2, 0.25) is 0 Å². The summed E-state index contributed by atoms with van der Waals surface area (Å²) in [7, 11) is 0. The minimum absolute atomic E-state index is 0.104. The molecule has 0 aliphatic carbocycles. The van der Waals surface area contributed by atoms with Crippen LogP contribution >= 0.6 is 15.9 Å². The van der Waals surface area contributed by atoms with Crippen molar-refractivity contribution in [2.45, 2.75) is 13.2 Å². The average molecular weight is 346 g/mol. The lowest BCUT2D eigenvalue weighted by atomic mass is 10.2. The maximum absolute atomic E-state index is 13.3. The van der Waals surface area contributed by atoms with Crippen molar-refractivity contribution in [3.8, 4) is 5.75 Å². The van der Waals surface area contributed by atoms with Crippen LogP contribution in [0.5, 0.6) is 5.75 Å². The van der Waals surface area contributed by atoms with Gasteiger partial charge in [0.1, 0.15) is 11.6 Å². The minimum Gasteiger partial charge on any atom is -0.434 e. The third-order valence-corrected chi connectivity index (χ3v) is 3.23. The van der Waals surface area contributed by atoms with E-state index in [-0.39, 0.29) is 12.3 Å². The van der Waals surface area contributed by atoms with Crippen LogP contribution in [-0.4, -0.2) is 6.61 Å². The minimum atomic E-state index is -2.87. The van der Waals surface area contributed by atoms with E-state index in [1.807, 2.05) is 0 Å². The highest BCUT2D eigenvalue weighted by molar-refractivity contribution is 9.10.